The summed E-state index contributed by atoms with van der Waals surface area (Å²) in [6, 6.07) is 0. The zero-order valence-electron chi connectivity index (χ0n) is 16.4. The minimum Gasteiger partial charge on any atom is -0.312 e. The summed E-state index contributed by atoms with van der Waals surface area (Å²) < 4.78 is 0. The van der Waals surface area contributed by atoms with Crippen molar-refractivity contribution in [3.05, 3.63) is 0 Å². The first-order chi connectivity index (χ1) is 11.1. The molecular formula is C17H40N6. The van der Waals surface area contributed by atoms with Gasteiger partial charge in [-0.25, -0.2) is 15.0 Å². The van der Waals surface area contributed by atoms with Crippen molar-refractivity contribution < 1.29 is 0 Å². The van der Waals surface area contributed by atoms with Crippen LogP contribution in [0.1, 0.15) is 60.8 Å². The number of hydrogen-bond acceptors (Lipinski definition) is 6. The predicted molar refractivity (Wildman–Crippen MR) is 99.9 cm³/mol. The van der Waals surface area contributed by atoms with E-state index in [0.717, 1.165) is 39.3 Å². The van der Waals surface area contributed by atoms with Crippen LogP contribution in [0.2, 0.25) is 0 Å². The maximum absolute atomic E-state index is 7.55. The zero-order valence-corrected chi connectivity index (χ0v) is 16.4. The van der Waals surface area contributed by atoms with Gasteiger partial charge in [0.25, 0.3) is 0 Å². The van der Waals surface area contributed by atoms with E-state index >= 15 is 0 Å². The first kappa shape index (κ1) is 22.5. The summed E-state index contributed by atoms with van der Waals surface area (Å²) in [6.45, 7) is 19.6. The summed E-state index contributed by atoms with van der Waals surface area (Å²) in [6.07, 6.45) is 5.16. The molecule has 0 saturated carbocycles. The third kappa shape index (κ3) is 7.27. The highest BCUT2D eigenvalue weighted by molar-refractivity contribution is 5.55. The molecule has 0 bridgehead atoms. The Morgan fingerprint density at radius 1 is 0.696 bits per heavy atom. The fraction of sp³-hybridized carbons (Fsp3) is 0.941. The lowest BCUT2D eigenvalue weighted by Gasteiger charge is -2.50. The van der Waals surface area contributed by atoms with Gasteiger partial charge in [0.05, 0.1) is 6.54 Å². The molecule has 1 N–H and O–H groups in total. The highest BCUT2D eigenvalue weighted by Crippen LogP contribution is 2.14. The molecular weight excluding hydrogens is 288 g/mol. The van der Waals surface area contributed by atoms with E-state index in [2.05, 4.69) is 66.9 Å². The first-order valence-electron chi connectivity index (χ1n) is 9.45. The average Bonchev–Trinajstić information content (AvgIpc) is 2.58. The number of unbranched alkanes of at least 4 members (excludes halogenated alkanes) is 2. The van der Waals surface area contributed by atoms with Gasteiger partial charge >= 0.3 is 0 Å². The lowest BCUT2D eigenvalue weighted by atomic mass is 10.2. The van der Waals surface area contributed by atoms with E-state index in [1.165, 1.54) is 25.5 Å². The average molecular weight is 329 g/mol. The summed E-state index contributed by atoms with van der Waals surface area (Å²) >= 11 is 0. The number of rotatable bonds is 15. The highest BCUT2D eigenvalue weighted by Gasteiger charge is 2.28. The van der Waals surface area contributed by atoms with Crippen molar-refractivity contribution >= 4 is 6.21 Å². The van der Waals surface area contributed by atoms with E-state index < -0.39 is 0 Å². The van der Waals surface area contributed by atoms with Crippen LogP contribution >= 0.6 is 0 Å². The minimum atomic E-state index is 0.637. The molecule has 138 valence electrons. The van der Waals surface area contributed by atoms with Crippen molar-refractivity contribution in [1.82, 2.24) is 25.4 Å². The molecule has 0 fully saturated rings. The Morgan fingerprint density at radius 3 is 1.61 bits per heavy atom. The Kier molecular flexibility index (Phi) is 13.5. The van der Waals surface area contributed by atoms with Gasteiger partial charge in [-0.15, -0.1) is 5.12 Å². The van der Waals surface area contributed by atoms with Crippen LogP contribution in [0.3, 0.4) is 0 Å². The molecule has 0 aromatic heterocycles. The van der Waals surface area contributed by atoms with Gasteiger partial charge in [-0.05, 0) is 6.42 Å². The largest absolute Gasteiger partial charge is 0.312 e. The lowest BCUT2D eigenvalue weighted by Crippen LogP contribution is -2.66. The molecule has 0 saturated heterocycles. The summed E-state index contributed by atoms with van der Waals surface area (Å²) in [7, 11) is 0. The van der Waals surface area contributed by atoms with Crippen molar-refractivity contribution in [1.29, 1.82) is 5.41 Å². The number of nitrogens with zero attached hydrogens (tertiary/aromatic N) is 5. The Bertz CT molecular complexity index is 278. The second-order valence-corrected chi connectivity index (χ2v) is 5.56. The summed E-state index contributed by atoms with van der Waals surface area (Å²) in [4.78, 5) is 0. The van der Waals surface area contributed by atoms with Crippen LogP contribution in [0.25, 0.3) is 0 Å². The van der Waals surface area contributed by atoms with Crippen LogP contribution in [0, 0.1) is 5.41 Å². The van der Waals surface area contributed by atoms with Crippen LogP contribution in [0.15, 0.2) is 0 Å². The van der Waals surface area contributed by atoms with Crippen molar-refractivity contribution in [3.63, 3.8) is 0 Å². The normalized spacial score (nSPS) is 12.3. The monoisotopic (exact) mass is 328 g/mol. The van der Waals surface area contributed by atoms with Gasteiger partial charge in [-0.3, -0.25) is 0 Å². The van der Waals surface area contributed by atoms with Crippen molar-refractivity contribution in [2.45, 2.75) is 60.8 Å². The summed E-state index contributed by atoms with van der Waals surface area (Å²) in [5, 5.41) is 19.2. The summed E-state index contributed by atoms with van der Waals surface area (Å²) in [5.41, 5.74) is 0. The van der Waals surface area contributed by atoms with E-state index in [-0.39, 0.29) is 0 Å². The molecule has 0 aromatic carbocycles. The third-order valence-corrected chi connectivity index (χ3v) is 4.13. The Hall–Kier alpha value is -0.530. The first-order valence-corrected chi connectivity index (χ1v) is 9.45. The molecule has 0 heterocycles. The molecule has 0 unspecified atom stereocenters. The van der Waals surface area contributed by atoms with E-state index in [0.29, 0.717) is 6.54 Å². The molecule has 0 radical (unpaired) electrons. The van der Waals surface area contributed by atoms with E-state index in [1.54, 1.807) is 0 Å². The third-order valence-electron chi connectivity index (χ3n) is 4.13. The topological polar surface area (TPSA) is 40.1 Å². The van der Waals surface area contributed by atoms with Crippen molar-refractivity contribution in [2.75, 3.05) is 45.8 Å². The van der Waals surface area contributed by atoms with Gasteiger partial charge in [0.15, 0.2) is 0 Å². The molecule has 0 amide bonds. The van der Waals surface area contributed by atoms with Gasteiger partial charge in [0.1, 0.15) is 0 Å². The maximum atomic E-state index is 7.55. The van der Waals surface area contributed by atoms with Crippen LogP contribution < -0.4 is 0 Å². The van der Waals surface area contributed by atoms with E-state index in [4.69, 9.17) is 5.41 Å². The van der Waals surface area contributed by atoms with Gasteiger partial charge in [0, 0.05) is 45.5 Å². The van der Waals surface area contributed by atoms with E-state index in [9.17, 15) is 0 Å². The van der Waals surface area contributed by atoms with Crippen molar-refractivity contribution in [2.24, 2.45) is 0 Å². The second kappa shape index (κ2) is 13.9. The van der Waals surface area contributed by atoms with Crippen LogP contribution in [-0.2, 0) is 0 Å². The minimum absolute atomic E-state index is 0.637. The number of hydrazine groups is 4. The SMILES string of the molecule is CCCCCN(N(CC)CC)N(N(CC)CC)N(CC)CC=N. The zero-order chi connectivity index (χ0) is 17.7. The maximum Gasteiger partial charge on any atom is 0.0508 e. The molecule has 6 nitrogen and oxygen atoms in total. The molecule has 0 aliphatic carbocycles. The lowest BCUT2D eigenvalue weighted by molar-refractivity contribution is -0.363. The quantitative estimate of drug-likeness (QED) is 0.284. The van der Waals surface area contributed by atoms with Crippen LogP contribution in [-0.4, -0.2) is 77.4 Å². The predicted octanol–water partition coefficient (Wildman–Crippen LogP) is 3.10. The second-order valence-electron chi connectivity index (χ2n) is 5.56. The number of hydrogen-bond donors (Lipinski definition) is 1. The van der Waals surface area contributed by atoms with Crippen LogP contribution in [0.4, 0.5) is 0 Å². The molecule has 0 aromatic rings. The van der Waals surface area contributed by atoms with Crippen LogP contribution in [0.5, 0.6) is 0 Å². The van der Waals surface area contributed by atoms with Crippen molar-refractivity contribution in [3.8, 4) is 0 Å². The van der Waals surface area contributed by atoms with Gasteiger partial charge < -0.3 is 5.41 Å². The Morgan fingerprint density at radius 2 is 1.22 bits per heavy atom. The fourth-order valence-electron chi connectivity index (χ4n) is 2.78. The molecule has 0 aliphatic heterocycles. The van der Waals surface area contributed by atoms with E-state index in [1.807, 2.05) is 0 Å². The summed E-state index contributed by atoms with van der Waals surface area (Å²) in [5.74, 6) is 0. The molecule has 6 heteroatoms. The highest BCUT2D eigenvalue weighted by atomic mass is 16.1. The molecule has 0 rings (SSSR count). The number of nitrogens with one attached hydrogen (secondary N) is 1. The van der Waals surface area contributed by atoms with Gasteiger partial charge in [-0.2, -0.15) is 0 Å². The molecule has 0 aliphatic rings. The standard InChI is InChI=1S/C17H40N6/c1-7-13-14-16-22(19(8-2)9-3)23(20(10-4)11-5)21(12-6)17-15-18/h15,18H,7-14,16-17H2,1-6H3. The molecule has 23 heavy (non-hydrogen) atoms. The molecule has 0 spiro atoms. The Balaban J connectivity index is 5.49. The Labute approximate surface area is 144 Å². The fourth-order valence-corrected chi connectivity index (χ4v) is 2.78. The van der Waals surface area contributed by atoms with Gasteiger partial charge in [-0.1, -0.05) is 59.6 Å². The molecule has 0 atom stereocenters. The smallest absolute Gasteiger partial charge is 0.0508 e. The van der Waals surface area contributed by atoms with Gasteiger partial charge in [0.2, 0.25) is 0 Å².